The van der Waals surface area contributed by atoms with Crippen molar-refractivity contribution in [2.75, 3.05) is 0 Å². The number of aliphatic carboxylic acids is 2. The minimum atomic E-state index is -1.38. The van der Waals surface area contributed by atoms with Crippen molar-refractivity contribution in [1.29, 1.82) is 0 Å². The average molecular weight is 407 g/mol. The maximum absolute atomic E-state index is 14.7. The van der Waals surface area contributed by atoms with Crippen LogP contribution in [0.1, 0.15) is 51.5 Å². The molecule has 1 fully saturated rings. The molecule has 0 spiro atoms. The van der Waals surface area contributed by atoms with Crippen LogP contribution in [0.25, 0.3) is 5.57 Å². The fourth-order valence-corrected chi connectivity index (χ4v) is 5.15. The first-order valence-electron chi connectivity index (χ1n) is 9.56. The van der Waals surface area contributed by atoms with Crippen molar-refractivity contribution in [3.05, 3.63) is 51.8 Å². The molecule has 2 aliphatic rings. The van der Waals surface area contributed by atoms with Crippen LogP contribution in [0.5, 0.6) is 0 Å². The highest BCUT2D eigenvalue weighted by atomic mass is 35.5. The molecule has 1 saturated carbocycles. The van der Waals surface area contributed by atoms with E-state index in [0.29, 0.717) is 11.1 Å². The van der Waals surface area contributed by atoms with E-state index in [1.54, 1.807) is 19.9 Å². The number of allylic oxidation sites excluding steroid dienone is 2. The molecule has 2 aliphatic carbocycles. The third kappa shape index (κ3) is 3.26. The Morgan fingerprint density at radius 1 is 1.18 bits per heavy atom. The molecule has 0 heterocycles. The van der Waals surface area contributed by atoms with Gasteiger partial charge < -0.3 is 10.2 Å². The Balaban J connectivity index is 2.29. The highest BCUT2D eigenvalue weighted by molar-refractivity contribution is 6.30. The third-order valence-corrected chi connectivity index (χ3v) is 6.68. The van der Waals surface area contributed by atoms with Gasteiger partial charge in [-0.05, 0) is 55.0 Å². The molecular formula is C22H24ClFO4. The van der Waals surface area contributed by atoms with E-state index < -0.39 is 29.1 Å². The molecule has 2 atom stereocenters. The summed E-state index contributed by atoms with van der Waals surface area (Å²) >= 11 is 5.86. The lowest BCUT2D eigenvalue weighted by Crippen LogP contribution is -2.47. The molecule has 0 radical (unpaired) electrons. The molecular weight excluding hydrogens is 383 g/mol. The summed E-state index contributed by atoms with van der Waals surface area (Å²) < 4.78 is 14.7. The molecule has 4 nitrogen and oxygen atoms in total. The fourth-order valence-electron chi connectivity index (χ4n) is 4.99. The average Bonchev–Trinajstić information content (AvgIpc) is 2.63. The zero-order chi connectivity index (χ0) is 20.6. The second-order valence-corrected chi connectivity index (χ2v) is 8.26. The van der Waals surface area contributed by atoms with E-state index >= 15 is 0 Å². The van der Waals surface area contributed by atoms with Crippen molar-refractivity contribution in [2.24, 2.45) is 17.3 Å². The SMILES string of the molecule is CC1=C(C(=O)O)C(C)C(C(=O)O)(C2CCCCC2)C=C1c1ccc(Cl)cc1F. The Bertz CT molecular complexity index is 883. The van der Waals surface area contributed by atoms with Gasteiger partial charge in [0.05, 0.1) is 5.41 Å². The summed E-state index contributed by atoms with van der Waals surface area (Å²) in [5.41, 5.74) is -0.435. The smallest absolute Gasteiger partial charge is 0.332 e. The van der Waals surface area contributed by atoms with Crippen molar-refractivity contribution < 1.29 is 24.2 Å². The molecule has 28 heavy (non-hydrogen) atoms. The number of hydrogen-bond acceptors (Lipinski definition) is 2. The van der Waals surface area contributed by atoms with Gasteiger partial charge in [0.15, 0.2) is 0 Å². The Labute approximate surface area is 168 Å². The largest absolute Gasteiger partial charge is 0.481 e. The molecule has 2 N–H and O–H groups in total. The van der Waals surface area contributed by atoms with Gasteiger partial charge in [-0.2, -0.15) is 0 Å². The van der Waals surface area contributed by atoms with Crippen LogP contribution in [0.15, 0.2) is 35.4 Å². The third-order valence-electron chi connectivity index (χ3n) is 6.44. The molecule has 6 heteroatoms. The van der Waals surface area contributed by atoms with Crippen molar-refractivity contribution in [1.82, 2.24) is 0 Å². The van der Waals surface area contributed by atoms with E-state index in [1.165, 1.54) is 12.1 Å². The normalized spacial score (nSPS) is 26.1. The first kappa shape index (κ1) is 20.6. The van der Waals surface area contributed by atoms with Crippen LogP contribution in [-0.4, -0.2) is 22.2 Å². The summed E-state index contributed by atoms with van der Waals surface area (Å²) in [6.07, 6.45) is 5.92. The maximum atomic E-state index is 14.7. The number of carboxylic acid groups (broad SMARTS) is 2. The second kappa shape index (κ2) is 7.70. The zero-order valence-corrected chi connectivity index (χ0v) is 16.7. The molecule has 2 unspecified atom stereocenters. The monoisotopic (exact) mass is 406 g/mol. The summed E-state index contributed by atoms with van der Waals surface area (Å²) in [7, 11) is 0. The van der Waals surface area contributed by atoms with Crippen LogP contribution in [0.4, 0.5) is 4.39 Å². The molecule has 1 aromatic rings. The van der Waals surface area contributed by atoms with Gasteiger partial charge in [-0.15, -0.1) is 0 Å². The number of rotatable bonds is 4. The van der Waals surface area contributed by atoms with Gasteiger partial charge in [-0.3, -0.25) is 4.79 Å². The lowest BCUT2D eigenvalue weighted by molar-refractivity contribution is -0.153. The number of hydrogen-bond donors (Lipinski definition) is 2. The highest BCUT2D eigenvalue weighted by Crippen LogP contribution is 2.53. The van der Waals surface area contributed by atoms with Crippen LogP contribution in [0, 0.1) is 23.1 Å². The standard InChI is InChI=1S/C22H24ClFO4/c1-12-17(16-9-8-15(23)10-18(16)24)11-22(21(27)28,13(2)19(12)20(25)26)14-6-4-3-5-7-14/h8-11,13-14H,3-7H2,1-2H3,(H,25,26)(H,27,28). The topological polar surface area (TPSA) is 74.6 Å². The summed E-state index contributed by atoms with van der Waals surface area (Å²) in [6, 6.07) is 4.16. The van der Waals surface area contributed by atoms with Gasteiger partial charge in [0, 0.05) is 22.1 Å². The quantitative estimate of drug-likeness (QED) is 0.685. The van der Waals surface area contributed by atoms with E-state index in [4.69, 9.17) is 11.6 Å². The van der Waals surface area contributed by atoms with Crippen LogP contribution in [-0.2, 0) is 9.59 Å². The minimum Gasteiger partial charge on any atom is -0.481 e. The Morgan fingerprint density at radius 2 is 1.82 bits per heavy atom. The van der Waals surface area contributed by atoms with Crippen LogP contribution >= 0.6 is 11.6 Å². The first-order chi connectivity index (χ1) is 13.2. The number of carboxylic acids is 2. The van der Waals surface area contributed by atoms with Crippen molar-refractivity contribution >= 4 is 29.1 Å². The van der Waals surface area contributed by atoms with E-state index in [1.807, 2.05) is 0 Å². The molecule has 3 rings (SSSR count). The van der Waals surface area contributed by atoms with Gasteiger partial charge >= 0.3 is 11.9 Å². The van der Waals surface area contributed by atoms with Gasteiger partial charge in [0.25, 0.3) is 0 Å². The summed E-state index contributed by atoms with van der Waals surface area (Å²) in [4.78, 5) is 24.7. The predicted octanol–water partition coefficient (Wildman–Crippen LogP) is 5.56. The first-order valence-corrected chi connectivity index (χ1v) is 9.94. The summed E-state index contributed by atoms with van der Waals surface area (Å²) in [6.45, 7) is 3.29. The minimum absolute atomic E-state index is 0.0415. The maximum Gasteiger partial charge on any atom is 0.332 e. The molecule has 1 aromatic carbocycles. The molecule has 150 valence electrons. The number of halogens is 2. The van der Waals surface area contributed by atoms with Crippen molar-refractivity contribution in [3.63, 3.8) is 0 Å². The Morgan fingerprint density at radius 3 is 2.36 bits per heavy atom. The van der Waals surface area contributed by atoms with Crippen LogP contribution in [0.2, 0.25) is 5.02 Å². The zero-order valence-electron chi connectivity index (χ0n) is 16.0. The molecule has 0 amide bonds. The Kier molecular flexibility index (Phi) is 5.67. The van der Waals surface area contributed by atoms with E-state index in [-0.39, 0.29) is 22.1 Å². The highest BCUT2D eigenvalue weighted by Gasteiger charge is 2.53. The van der Waals surface area contributed by atoms with E-state index in [9.17, 15) is 24.2 Å². The lowest BCUT2D eigenvalue weighted by Gasteiger charge is -2.45. The van der Waals surface area contributed by atoms with E-state index in [2.05, 4.69) is 0 Å². The van der Waals surface area contributed by atoms with Crippen molar-refractivity contribution in [3.8, 4) is 0 Å². The van der Waals surface area contributed by atoms with Gasteiger partial charge in [-0.1, -0.05) is 43.9 Å². The van der Waals surface area contributed by atoms with Crippen molar-refractivity contribution in [2.45, 2.75) is 46.0 Å². The van der Waals surface area contributed by atoms with Gasteiger partial charge in [-0.25, -0.2) is 9.18 Å². The van der Waals surface area contributed by atoms with Crippen LogP contribution < -0.4 is 0 Å². The molecule has 0 aliphatic heterocycles. The van der Waals surface area contributed by atoms with Gasteiger partial charge in [0.1, 0.15) is 5.82 Å². The molecule has 0 aromatic heterocycles. The molecule has 0 bridgehead atoms. The van der Waals surface area contributed by atoms with Crippen LogP contribution in [0.3, 0.4) is 0 Å². The number of carbonyl (C=O) groups is 2. The van der Waals surface area contributed by atoms with E-state index in [0.717, 1.165) is 38.2 Å². The fraction of sp³-hybridized carbons (Fsp3) is 0.455. The predicted molar refractivity (Wildman–Crippen MR) is 106 cm³/mol. The summed E-state index contributed by atoms with van der Waals surface area (Å²) in [5, 5.41) is 20.4. The molecule has 0 saturated heterocycles. The Hall–Kier alpha value is -2.14. The van der Waals surface area contributed by atoms with Gasteiger partial charge in [0.2, 0.25) is 0 Å². The lowest BCUT2D eigenvalue weighted by atomic mass is 9.57. The summed E-state index contributed by atoms with van der Waals surface area (Å²) in [5.74, 6) is -3.72. The second-order valence-electron chi connectivity index (χ2n) is 7.82. The number of benzene rings is 1.